The second-order valence-electron chi connectivity index (χ2n) is 7.69. The summed E-state index contributed by atoms with van der Waals surface area (Å²) < 4.78 is 5.58. The monoisotopic (exact) mass is 359 g/mol. The molecule has 0 radical (unpaired) electrons. The molecule has 3 aliphatic rings. The third-order valence-electron chi connectivity index (χ3n) is 5.91. The Bertz CT molecular complexity index is 649. The molecule has 26 heavy (non-hydrogen) atoms. The van der Waals surface area contributed by atoms with Crippen LogP contribution >= 0.6 is 0 Å². The molecule has 1 N–H and O–H groups in total. The molecule has 1 aromatic heterocycles. The summed E-state index contributed by atoms with van der Waals surface area (Å²) in [5.74, 6) is 2.42. The third kappa shape index (κ3) is 3.42. The van der Waals surface area contributed by atoms with Crippen LogP contribution in [0.5, 0.6) is 0 Å². The van der Waals surface area contributed by atoms with Gasteiger partial charge in [-0.15, -0.1) is 0 Å². The molecule has 1 aromatic rings. The van der Waals surface area contributed by atoms with Crippen molar-refractivity contribution in [1.29, 1.82) is 0 Å². The van der Waals surface area contributed by atoms with Crippen molar-refractivity contribution < 1.29 is 9.53 Å². The summed E-state index contributed by atoms with van der Waals surface area (Å²) in [4.78, 5) is 26.7. The number of carbonyl (C=O) groups excluding carboxylic acids is 1. The van der Waals surface area contributed by atoms with Gasteiger partial charge in [-0.25, -0.2) is 9.97 Å². The standard InChI is InChI=1S/C19H29N5O2/c1-20-18-14-12-24(19(25)16-4-3-11-26-16)10-7-15(14)21-17(22-18)13-5-8-23(2)9-6-13/h13,16H,3-12H2,1-2H3,(H,20,21,22). The number of anilines is 1. The molecule has 7 nitrogen and oxygen atoms in total. The van der Waals surface area contributed by atoms with E-state index in [4.69, 9.17) is 14.7 Å². The second kappa shape index (κ2) is 7.48. The van der Waals surface area contributed by atoms with Crippen LogP contribution in [0.25, 0.3) is 0 Å². The summed E-state index contributed by atoms with van der Waals surface area (Å²) in [6.45, 7) is 4.20. The molecule has 4 rings (SSSR count). The van der Waals surface area contributed by atoms with Gasteiger partial charge in [-0.1, -0.05) is 0 Å². The molecule has 0 aromatic carbocycles. The average molecular weight is 359 g/mol. The number of hydrogen-bond donors (Lipinski definition) is 1. The van der Waals surface area contributed by atoms with E-state index in [0.717, 1.165) is 74.6 Å². The van der Waals surface area contributed by atoms with Crippen LogP contribution in [0.15, 0.2) is 0 Å². The molecule has 0 saturated carbocycles. The Labute approximate surface area is 155 Å². The van der Waals surface area contributed by atoms with Crippen molar-refractivity contribution in [2.45, 2.75) is 50.7 Å². The summed E-state index contributed by atoms with van der Waals surface area (Å²) in [7, 11) is 4.07. The van der Waals surface area contributed by atoms with Crippen molar-refractivity contribution in [3.8, 4) is 0 Å². The molecule has 3 aliphatic heterocycles. The van der Waals surface area contributed by atoms with Crippen molar-refractivity contribution in [2.75, 3.05) is 45.7 Å². The van der Waals surface area contributed by atoms with Crippen molar-refractivity contribution in [2.24, 2.45) is 0 Å². The predicted octanol–water partition coefficient (Wildman–Crippen LogP) is 1.39. The molecular formula is C19H29N5O2. The summed E-state index contributed by atoms with van der Waals surface area (Å²) in [5.41, 5.74) is 2.18. The van der Waals surface area contributed by atoms with Crippen LogP contribution in [0.2, 0.25) is 0 Å². The summed E-state index contributed by atoms with van der Waals surface area (Å²) in [6.07, 6.45) is 4.58. The van der Waals surface area contributed by atoms with Crippen LogP contribution in [-0.4, -0.2) is 72.1 Å². The van der Waals surface area contributed by atoms with Gasteiger partial charge in [0, 0.05) is 38.1 Å². The first-order chi connectivity index (χ1) is 12.7. The minimum atomic E-state index is -0.256. The summed E-state index contributed by atoms with van der Waals surface area (Å²) in [5, 5.41) is 3.24. The molecule has 7 heteroatoms. The van der Waals surface area contributed by atoms with E-state index in [9.17, 15) is 4.79 Å². The van der Waals surface area contributed by atoms with Gasteiger partial charge in [0.05, 0.1) is 12.2 Å². The van der Waals surface area contributed by atoms with Gasteiger partial charge in [0.15, 0.2) is 0 Å². The lowest BCUT2D eigenvalue weighted by atomic mass is 9.95. The number of piperidine rings is 1. The fraction of sp³-hybridized carbons (Fsp3) is 0.737. The van der Waals surface area contributed by atoms with E-state index < -0.39 is 0 Å². The zero-order valence-corrected chi connectivity index (χ0v) is 15.8. The highest BCUT2D eigenvalue weighted by Gasteiger charge is 2.32. The molecule has 1 amide bonds. The second-order valence-corrected chi connectivity index (χ2v) is 7.69. The minimum absolute atomic E-state index is 0.120. The van der Waals surface area contributed by atoms with Gasteiger partial charge in [0.25, 0.3) is 5.91 Å². The highest BCUT2D eigenvalue weighted by Crippen LogP contribution is 2.30. The zero-order valence-electron chi connectivity index (χ0n) is 15.8. The number of ether oxygens (including phenoxy) is 1. The maximum atomic E-state index is 12.7. The van der Waals surface area contributed by atoms with E-state index in [2.05, 4.69) is 17.3 Å². The molecule has 142 valence electrons. The number of amides is 1. The van der Waals surface area contributed by atoms with Crippen LogP contribution < -0.4 is 5.32 Å². The van der Waals surface area contributed by atoms with Crippen LogP contribution in [0.1, 0.15) is 48.7 Å². The molecule has 1 unspecified atom stereocenters. The van der Waals surface area contributed by atoms with E-state index >= 15 is 0 Å². The Balaban J connectivity index is 1.54. The van der Waals surface area contributed by atoms with Gasteiger partial charge in [-0.3, -0.25) is 4.79 Å². The molecule has 0 aliphatic carbocycles. The number of nitrogens with one attached hydrogen (secondary N) is 1. The van der Waals surface area contributed by atoms with Gasteiger partial charge in [0.1, 0.15) is 17.7 Å². The van der Waals surface area contributed by atoms with Crippen LogP contribution in [0, 0.1) is 0 Å². The average Bonchev–Trinajstić information content (AvgIpc) is 3.21. The lowest BCUT2D eigenvalue weighted by molar-refractivity contribution is -0.141. The fourth-order valence-electron chi connectivity index (χ4n) is 4.25. The topological polar surface area (TPSA) is 70.6 Å². The number of likely N-dealkylation sites (tertiary alicyclic amines) is 1. The maximum absolute atomic E-state index is 12.7. The van der Waals surface area contributed by atoms with Gasteiger partial charge in [-0.2, -0.15) is 0 Å². The first-order valence-corrected chi connectivity index (χ1v) is 9.82. The Morgan fingerprint density at radius 2 is 2.00 bits per heavy atom. The summed E-state index contributed by atoms with van der Waals surface area (Å²) in [6, 6.07) is 0. The summed E-state index contributed by atoms with van der Waals surface area (Å²) >= 11 is 0. The van der Waals surface area contributed by atoms with Crippen LogP contribution in [0.3, 0.4) is 0 Å². The SMILES string of the molecule is CNc1nc(C2CCN(C)CC2)nc2c1CN(C(=O)C1CCCO1)CC2. The molecule has 1 atom stereocenters. The lowest BCUT2D eigenvalue weighted by Crippen LogP contribution is -2.42. The smallest absolute Gasteiger partial charge is 0.252 e. The number of nitrogens with zero attached hydrogens (tertiary/aromatic N) is 4. The lowest BCUT2D eigenvalue weighted by Gasteiger charge is -2.32. The van der Waals surface area contributed by atoms with Crippen molar-refractivity contribution in [3.05, 3.63) is 17.1 Å². The normalized spacial score (nSPS) is 24.5. The van der Waals surface area contributed by atoms with Crippen LogP contribution in [-0.2, 0) is 22.5 Å². The van der Waals surface area contributed by atoms with Crippen molar-refractivity contribution >= 4 is 11.7 Å². The quantitative estimate of drug-likeness (QED) is 0.879. The Kier molecular flexibility index (Phi) is 5.09. The predicted molar refractivity (Wildman–Crippen MR) is 99.1 cm³/mol. The van der Waals surface area contributed by atoms with Gasteiger partial charge in [0.2, 0.25) is 0 Å². The third-order valence-corrected chi connectivity index (χ3v) is 5.91. The Morgan fingerprint density at radius 1 is 1.19 bits per heavy atom. The van der Waals surface area contributed by atoms with Crippen molar-refractivity contribution in [3.63, 3.8) is 0 Å². The molecular weight excluding hydrogens is 330 g/mol. The maximum Gasteiger partial charge on any atom is 0.252 e. The number of rotatable bonds is 3. The molecule has 2 saturated heterocycles. The fourth-order valence-corrected chi connectivity index (χ4v) is 4.25. The molecule has 2 fully saturated rings. The molecule has 0 spiro atoms. The van der Waals surface area contributed by atoms with Gasteiger partial charge < -0.3 is 19.9 Å². The van der Waals surface area contributed by atoms with Crippen molar-refractivity contribution in [1.82, 2.24) is 19.8 Å². The zero-order chi connectivity index (χ0) is 18.1. The van der Waals surface area contributed by atoms with E-state index in [1.54, 1.807) is 0 Å². The van der Waals surface area contributed by atoms with E-state index in [0.29, 0.717) is 19.1 Å². The minimum Gasteiger partial charge on any atom is -0.373 e. The number of fused-ring (bicyclic) bond motifs is 1. The van der Waals surface area contributed by atoms with E-state index in [1.165, 1.54) is 0 Å². The van der Waals surface area contributed by atoms with E-state index in [1.807, 2.05) is 11.9 Å². The van der Waals surface area contributed by atoms with E-state index in [-0.39, 0.29) is 12.0 Å². The highest BCUT2D eigenvalue weighted by molar-refractivity contribution is 5.81. The first kappa shape index (κ1) is 17.7. The Morgan fingerprint density at radius 3 is 2.69 bits per heavy atom. The highest BCUT2D eigenvalue weighted by atomic mass is 16.5. The number of carbonyl (C=O) groups is 1. The Hall–Kier alpha value is -1.73. The largest absolute Gasteiger partial charge is 0.373 e. The molecule has 4 heterocycles. The van der Waals surface area contributed by atoms with Gasteiger partial charge >= 0.3 is 0 Å². The molecule has 0 bridgehead atoms. The van der Waals surface area contributed by atoms with Crippen LogP contribution in [0.4, 0.5) is 5.82 Å². The number of hydrogen-bond acceptors (Lipinski definition) is 6. The number of aromatic nitrogens is 2. The van der Waals surface area contributed by atoms with Gasteiger partial charge in [-0.05, 0) is 45.8 Å². The first-order valence-electron chi connectivity index (χ1n) is 9.82.